The minimum atomic E-state index is -0.958. The second-order valence-corrected chi connectivity index (χ2v) is 6.58. The topological polar surface area (TPSA) is 111 Å². The molecule has 1 atom stereocenters. The largest absolute Gasteiger partial charge is 0.443 e. The average Bonchev–Trinajstić information content (AvgIpc) is 2.45. The maximum Gasteiger partial charge on any atom is 0.415 e. The molecule has 1 unspecified atom stereocenters. The fraction of sp³-hybridized carbons (Fsp3) is 0.500. The van der Waals surface area contributed by atoms with E-state index in [1.165, 1.54) is 11.0 Å². The predicted molar refractivity (Wildman–Crippen MR) is 87.0 cm³/mol. The lowest BCUT2D eigenvalue weighted by molar-refractivity contribution is -0.121. The Morgan fingerprint density at radius 2 is 2.09 bits per heavy atom. The van der Waals surface area contributed by atoms with Gasteiger partial charge in [-0.1, -0.05) is 6.08 Å². The van der Waals surface area contributed by atoms with Gasteiger partial charge in [0.15, 0.2) is 0 Å². The minimum Gasteiger partial charge on any atom is -0.443 e. The number of carbonyl (C=O) groups excluding carboxylic acids is 2. The molecule has 5 N–H and O–H groups in total. The molecule has 0 spiro atoms. The summed E-state index contributed by atoms with van der Waals surface area (Å²) in [7, 11) is 0. The van der Waals surface area contributed by atoms with Crippen molar-refractivity contribution in [2.45, 2.75) is 38.8 Å². The highest BCUT2D eigenvalue weighted by atomic mass is 16.6. The van der Waals surface area contributed by atoms with Crippen molar-refractivity contribution < 1.29 is 14.3 Å². The zero-order chi connectivity index (χ0) is 17.2. The molecule has 0 fully saturated rings. The number of hydrogen-bond donors (Lipinski definition) is 3. The summed E-state index contributed by atoms with van der Waals surface area (Å²) in [4.78, 5) is 25.7. The van der Waals surface area contributed by atoms with Crippen molar-refractivity contribution in [3.8, 4) is 0 Å². The van der Waals surface area contributed by atoms with Crippen molar-refractivity contribution in [2.75, 3.05) is 13.1 Å². The van der Waals surface area contributed by atoms with E-state index in [0.29, 0.717) is 17.9 Å². The molecular formula is C16H24N4O3. The summed E-state index contributed by atoms with van der Waals surface area (Å²) in [6.07, 6.45) is 5.24. The number of nitrogens with one attached hydrogen (secondary N) is 1. The van der Waals surface area contributed by atoms with E-state index in [2.05, 4.69) is 5.32 Å². The standard InChI is InChI=1S/C16H24N4O3/c1-16(2,3)23-15(22)20-12(10-4-6-19-7-5-10)8-11(17)9-13(20)14(18)21/h4,8-9,13,19H,5-7,17H2,1-3H3,(H2,18,21). The van der Waals surface area contributed by atoms with E-state index < -0.39 is 23.6 Å². The highest BCUT2D eigenvalue weighted by Crippen LogP contribution is 2.29. The van der Waals surface area contributed by atoms with Gasteiger partial charge in [-0.25, -0.2) is 4.79 Å². The molecule has 23 heavy (non-hydrogen) atoms. The van der Waals surface area contributed by atoms with Gasteiger partial charge >= 0.3 is 6.09 Å². The zero-order valence-corrected chi connectivity index (χ0v) is 13.8. The molecule has 2 heterocycles. The second-order valence-electron chi connectivity index (χ2n) is 6.58. The lowest BCUT2D eigenvalue weighted by Gasteiger charge is -2.36. The molecule has 126 valence electrons. The molecule has 2 rings (SSSR count). The lowest BCUT2D eigenvalue weighted by atomic mass is 9.98. The van der Waals surface area contributed by atoms with Crippen LogP contribution in [0, 0.1) is 0 Å². The molecule has 0 aromatic rings. The van der Waals surface area contributed by atoms with Crippen molar-refractivity contribution >= 4 is 12.0 Å². The molecule has 7 nitrogen and oxygen atoms in total. The van der Waals surface area contributed by atoms with Gasteiger partial charge in [0.1, 0.15) is 11.6 Å². The van der Waals surface area contributed by atoms with Gasteiger partial charge in [0.2, 0.25) is 5.91 Å². The first-order chi connectivity index (χ1) is 10.7. The Morgan fingerprint density at radius 1 is 1.39 bits per heavy atom. The summed E-state index contributed by atoms with van der Waals surface area (Å²) in [6.45, 7) is 6.79. The molecule has 2 amide bonds. The van der Waals surface area contributed by atoms with Crippen LogP contribution in [0.1, 0.15) is 27.2 Å². The number of nitrogens with two attached hydrogens (primary N) is 2. The Bertz CT molecular complexity index is 599. The number of rotatable bonds is 2. The first kappa shape index (κ1) is 17.1. The van der Waals surface area contributed by atoms with Crippen molar-refractivity contribution in [2.24, 2.45) is 11.5 Å². The Morgan fingerprint density at radius 3 is 2.61 bits per heavy atom. The van der Waals surface area contributed by atoms with Crippen LogP contribution in [-0.2, 0) is 9.53 Å². The molecule has 0 aliphatic carbocycles. The molecule has 0 bridgehead atoms. The van der Waals surface area contributed by atoms with E-state index in [9.17, 15) is 9.59 Å². The van der Waals surface area contributed by atoms with Gasteiger partial charge in [-0.15, -0.1) is 0 Å². The molecule has 2 aliphatic heterocycles. The minimum absolute atomic E-state index is 0.406. The fourth-order valence-corrected chi connectivity index (χ4v) is 2.52. The summed E-state index contributed by atoms with van der Waals surface area (Å²) in [5.41, 5.74) is 12.6. The third-order valence-corrected chi connectivity index (χ3v) is 3.47. The van der Waals surface area contributed by atoms with Crippen LogP contribution < -0.4 is 16.8 Å². The van der Waals surface area contributed by atoms with E-state index in [0.717, 1.165) is 18.5 Å². The van der Waals surface area contributed by atoms with Gasteiger partial charge in [-0.2, -0.15) is 0 Å². The molecule has 2 aliphatic rings. The molecule has 0 aromatic heterocycles. The third-order valence-electron chi connectivity index (χ3n) is 3.47. The Labute approximate surface area is 136 Å². The van der Waals surface area contributed by atoms with E-state index in [4.69, 9.17) is 16.2 Å². The quantitative estimate of drug-likeness (QED) is 0.695. The summed E-state index contributed by atoms with van der Waals surface area (Å²) in [5.74, 6) is -0.654. The number of primary amides is 1. The van der Waals surface area contributed by atoms with Gasteiger partial charge in [0, 0.05) is 12.2 Å². The second kappa shape index (κ2) is 6.45. The maximum atomic E-state index is 12.6. The van der Waals surface area contributed by atoms with Crippen LogP contribution >= 0.6 is 0 Å². The summed E-state index contributed by atoms with van der Waals surface area (Å²) >= 11 is 0. The summed E-state index contributed by atoms with van der Waals surface area (Å²) in [5, 5.41) is 3.21. The van der Waals surface area contributed by atoms with Gasteiger partial charge < -0.3 is 21.5 Å². The average molecular weight is 320 g/mol. The van der Waals surface area contributed by atoms with Crippen molar-refractivity contribution in [1.29, 1.82) is 0 Å². The molecule has 7 heteroatoms. The van der Waals surface area contributed by atoms with Gasteiger partial charge in [-0.05, 0) is 51.5 Å². The van der Waals surface area contributed by atoms with Crippen LogP contribution in [0.2, 0.25) is 0 Å². The predicted octanol–water partition coefficient (Wildman–Crippen LogP) is 0.737. The third kappa shape index (κ3) is 4.13. The number of ether oxygens (including phenoxy) is 1. The molecule has 0 saturated carbocycles. The van der Waals surface area contributed by atoms with Crippen molar-refractivity contribution in [3.05, 3.63) is 35.2 Å². The molecule has 0 radical (unpaired) electrons. The van der Waals surface area contributed by atoms with Crippen LogP contribution in [0.3, 0.4) is 0 Å². The van der Waals surface area contributed by atoms with E-state index in [1.807, 2.05) is 6.08 Å². The number of nitrogens with zero attached hydrogens (tertiary/aromatic N) is 1. The summed E-state index contributed by atoms with van der Waals surface area (Å²) in [6, 6.07) is -0.958. The van der Waals surface area contributed by atoms with Crippen LogP contribution in [0.15, 0.2) is 35.2 Å². The first-order valence-corrected chi connectivity index (χ1v) is 7.59. The van der Waals surface area contributed by atoms with Crippen LogP contribution in [0.5, 0.6) is 0 Å². The Hall–Kier alpha value is -2.28. The van der Waals surface area contributed by atoms with Crippen LogP contribution in [0.4, 0.5) is 4.79 Å². The van der Waals surface area contributed by atoms with E-state index in [-0.39, 0.29) is 0 Å². The SMILES string of the molecule is CC(C)(C)OC(=O)N1C(C2=CCNCC2)=CC(N)=CC1C(N)=O. The monoisotopic (exact) mass is 320 g/mol. The first-order valence-electron chi connectivity index (χ1n) is 7.59. The number of hydrogen-bond acceptors (Lipinski definition) is 5. The van der Waals surface area contributed by atoms with Crippen LogP contribution in [-0.4, -0.2) is 41.6 Å². The highest BCUT2D eigenvalue weighted by Gasteiger charge is 2.36. The van der Waals surface area contributed by atoms with Crippen molar-refractivity contribution in [1.82, 2.24) is 10.2 Å². The molecular weight excluding hydrogens is 296 g/mol. The highest BCUT2D eigenvalue weighted by molar-refractivity contribution is 5.88. The van der Waals surface area contributed by atoms with E-state index >= 15 is 0 Å². The smallest absolute Gasteiger partial charge is 0.415 e. The van der Waals surface area contributed by atoms with Gasteiger partial charge in [0.25, 0.3) is 0 Å². The zero-order valence-electron chi connectivity index (χ0n) is 13.8. The molecule has 0 saturated heterocycles. The number of allylic oxidation sites excluding steroid dienone is 2. The molecule has 0 aromatic carbocycles. The Balaban J connectivity index is 2.41. The normalized spacial score (nSPS) is 22.0. The Kier molecular flexibility index (Phi) is 4.79. The van der Waals surface area contributed by atoms with Crippen molar-refractivity contribution in [3.63, 3.8) is 0 Å². The van der Waals surface area contributed by atoms with Gasteiger partial charge in [0.05, 0.1) is 5.70 Å². The number of amides is 2. The number of carbonyl (C=O) groups is 2. The fourth-order valence-electron chi connectivity index (χ4n) is 2.52. The lowest BCUT2D eigenvalue weighted by Crippen LogP contribution is -2.50. The van der Waals surface area contributed by atoms with Crippen LogP contribution in [0.25, 0.3) is 0 Å². The summed E-state index contributed by atoms with van der Waals surface area (Å²) < 4.78 is 5.44. The van der Waals surface area contributed by atoms with Gasteiger partial charge in [-0.3, -0.25) is 9.69 Å². The van der Waals surface area contributed by atoms with E-state index in [1.54, 1.807) is 26.8 Å². The maximum absolute atomic E-state index is 12.6.